The quantitative estimate of drug-likeness (QED) is 0.730. The third-order valence-electron chi connectivity index (χ3n) is 4.52. The minimum absolute atomic E-state index is 0.184. The van der Waals surface area contributed by atoms with Crippen LogP contribution in [0.5, 0.6) is 0 Å². The first-order chi connectivity index (χ1) is 13.0. The zero-order valence-electron chi connectivity index (χ0n) is 15.3. The molecule has 0 unspecified atom stereocenters. The number of hydrogen-bond donors (Lipinski definition) is 2. The van der Waals surface area contributed by atoms with Crippen molar-refractivity contribution in [2.45, 2.75) is 18.9 Å². The van der Waals surface area contributed by atoms with E-state index in [2.05, 4.69) is 15.6 Å². The van der Waals surface area contributed by atoms with Crippen LogP contribution >= 0.6 is 0 Å². The third kappa shape index (κ3) is 3.48. The molecule has 7 heteroatoms. The molecule has 2 N–H and O–H groups in total. The summed E-state index contributed by atoms with van der Waals surface area (Å²) in [4.78, 5) is 31.6. The summed E-state index contributed by atoms with van der Waals surface area (Å²) in [7, 11) is 3.91. The first-order valence-electron chi connectivity index (χ1n) is 8.89. The molecule has 3 aromatic rings. The molecule has 0 spiro atoms. The number of carbonyl (C=O) groups excluding carboxylic acids is 2. The Balaban J connectivity index is 1.62. The largest absolute Gasteiger partial charge is 0.378 e. The second-order valence-corrected chi connectivity index (χ2v) is 6.88. The number of nitrogens with one attached hydrogen (secondary N) is 2. The molecule has 138 valence electrons. The van der Waals surface area contributed by atoms with Gasteiger partial charge in [-0.15, -0.1) is 0 Å². The summed E-state index contributed by atoms with van der Waals surface area (Å²) < 4.78 is 1.64. The van der Waals surface area contributed by atoms with Gasteiger partial charge in [-0.2, -0.15) is 0 Å². The van der Waals surface area contributed by atoms with Gasteiger partial charge in [0.15, 0.2) is 5.69 Å². The van der Waals surface area contributed by atoms with Crippen LogP contribution in [0.2, 0.25) is 0 Å². The standard InChI is InChI=1S/C20H21N5O2/c1-24(2)15-10-8-14(9-11-15)22-20(27)18-23-17(19(26)21-13-6-7-13)16-5-3-4-12-25(16)18/h3-5,8-13H,6-7H2,1-2H3,(H,21,26)(H,22,27). The lowest BCUT2D eigenvalue weighted by Crippen LogP contribution is -2.26. The van der Waals surface area contributed by atoms with Crippen molar-refractivity contribution in [3.8, 4) is 0 Å². The number of benzene rings is 1. The summed E-state index contributed by atoms with van der Waals surface area (Å²) in [6.07, 6.45) is 3.72. The van der Waals surface area contributed by atoms with E-state index in [1.807, 2.05) is 49.3 Å². The van der Waals surface area contributed by atoms with Crippen molar-refractivity contribution in [2.75, 3.05) is 24.3 Å². The SMILES string of the molecule is CN(C)c1ccc(NC(=O)c2nc(C(=O)NC3CC3)c3ccccn23)cc1. The molecule has 1 aliphatic carbocycles. The van der Waals surface area contributed by atoms with Gasteiger partial charge < -0.3 is 15.5 Å². The average molecular weight is 363 g/mol. The van der Waals surface area contributed by atoms with Crippen molar-refractivity contribution < 1.29 is 9.59 Å². The van der Waals surface area contributed by atoms with Gasteiger partial charge in [-0.3, -0.25) is 14.0 Å². The van der Waals surface area contributed by atoms with E-state index in [1.54, 1.807) is 22.7 Å². The molecule has 2 aromatic heterocycles. The number of fused-ring (bicyclic) bond motifs is 1. The lowest BCUT2D eigenvalue weighted by molar-refractivity contribution is 0.0948. The highest BCUT2D eigenvalue weighted by atomic mass is 16.2. The summed E-state index contributed by atoms with van der Waals surface area (Å²) in [5.41, 5.74) is 2.60. The minimum atomic E-state index is -0.362. The van der Waals surface area contributed by atoms with Crippen molar-refractivity contribution in [1.29, 1.82) is 0 Å². The van der Waals surface area contributed by atoms with Crippen molar-refractivity contribution >= 4 is 28.7 Å². The molecule has 1 aliphatic rings. The van der Waals surface area contributed by atoms with Gasteiger partial charge in [0, 0.05) is 37.7 Å². The number of hydrogen-bond acceptors (Lipinski definition) is 4. The van der Waals surface area contributed by atoms with Crippen LogP contribution in [-0.4, -0.2) is 41.3 Å². The van der Waals surface area contributed by atoms with Crippen LogP contribution in [0, 0.1) is 0 Å². The Morgan fingerprint density at radius 3 is 2.48 bits per heavy atom. The van der Waals surface area contributed by atoms with Crippen molar-refractivity contribution in [3.05, 3.63) is 60.2 Å². The van der Waals surface area contributed by atoms with Crippen LogP contribution in [0.15, 0.2) is 48.7 Å². The first-order valence-corrected chi connectivity index (χ1v) is 8.89. The van der Waals surface area contributed by atoms with Crippen molar-refractivity contribution in [1.82, 2.24) is 14.7 Å². The van der Waals surface area contributed by atoms with Gasteiger partial charge >= 0.3 is 0 Å². The summed E-state index contributed by atoms with van der Waals surface area (Å²) in [6.45, 7) is 0. The third-order valence-corrected chi connectivity index (χ3v) is 4.52. The molecule has 0 saturated heterocycles. The second-order valence-electron chi connectivity index (χ2n) is 6.88. The molecule has 27 heavy (non-hydrogen) atoms. The highest BCUT2D eigenvalue weighted by Crippen LogP contribution is 2.21. The van der Waals surface area contributed by atoms with Crippen molar-refractivity contribution in [3.63, 3.8) is 0 Å². The summed E-state index contributed by atoms with van der Waals surface area (Å²) in [5.74, 6) is -0.418. The molecule has 2 heterocycles. The van der Waals surface area contributed by atoms with Crippen LogP contribution < -0.4 is 15.5 Å². The molecule has 4 rings (SSSR count). The lowest BCUT2D eigenvalue weighted by atomic mass is 10.2. The number of pyridine rings is 1. The average Bonchev–Trinajstić information content (AvgIpc) is 3.38. The number of imidazole rings is 1. The molecule has 1 fully saturated rings. The maximum atomic E-state index is 12.8. The zero-order chi connectivity index (χ0) is 19.0. The van der Waals surface area contributed by atoms with Crippen LogP contribution in [-0.2, 0) is 0 Å². The van der Waals surface area contributed by atoms with Crippen LogP contribution in [0.4, 0.5) is 11.4 Å². The van der Waals surface area contributed by atoms with E-state index in [-0.39, 0.29) is 29.4 Å². The highest BCUT2D eigenvalue weighted by molar-refractivity contribution is 6.06. The minimum Gasteiger partial charge on any atom is -0.378 e. The van der Waals surface area contributed by atoms with Crippen LogP contribution in [0.3, 0.4) is 0 Å². The van der Waals surface area contributed by atoms with E-state index >= 15 is 0 Å². The Hall–Kier alpha value is -3.35. The molecule has 1 saturated carbocycles. The molecule has 0 aliphatic heterocycles. The number of amides is 2. The van der Waals surface area contributed by atoms with E-state index in [4.69, 9.17) is 0 Å². The zero-order valence-corrected chi connectivity index (χ0v) is 15.3. The number of anilines is 2. The maximum absolute atomic E-state index is 12.8. The molecule has 1 aromatic carbocycles. The maximum Gasteiger partial charge on any atom is 0.292 e. The molecular weight excluding hydrogens is 342 g/mol. The molecule has 2 amide bonds. The van der Waals surface area contributed by atoms with E-state index in [9.17, 15) is 9.59 Å². The van der Waals surface area contributed by atoms with E-state index in [0.29, 0.717) is 11.2 Å². The normalized spacial score (nSPS) is 13.4. The Morgan fingerprint density at radius 2 is 1.81 bits per heavy atom. The molecule has 0 atom stereocenters. The van der Waals surface area contributed by atoms with E-state index < -0.39 is 0 Å². The number of carbonyl (C=O) groups is 2. The smallest absolute Gasteiger partial charge is 0.292 e. The second kappa shape index (κ2) is 6.75. The number of rotatable bonds is 5. The topological polar surface area (TPSA) is 78.7 Å². The number of aromatic nitrogens is 2. The molecular formula is C20H21N5O2. The Kier molecular flexibility index (Phi) is 4.27. The van der Waals surface area contributed by atoms with Gasteiger partial charge in [0.1, 0.15) is 0 Å². The van der Waals surface area contributed by atoms with Gasteiger partial charge in [0.05, 0.1) is 5.52 Å². The number of nitrogens with zero attached hydrogens (tertiary/aromatic N) is 3. The molecule has 0 radical (unpaired) electrons. The van der Waals surface area contributed by atoms with E-state index in [1.165, 1.54) is 0 Å². The fourth-order valence-corrected chi connectivity index (χ4v) is 2.88. The highest BCUT2D eigenvalue weighted by Gasteiger charge is 2.27. The monoisotopic (exact) mass is 363 g/mol. The molecule has 7 nitrogen and oxygen atoms in total. The van der Waals surface area contributed by atoms with Gasteiger partial charge in [-0.25, -0.2) is 4.98 Å². The predicted octanol–water partition coefficient (Wildman–Crippen LogP) is 2.54. The van der Waals surface area contributed by atoms with Crippen molar-refractivity contribution in [2.24, 2.45) is 0 Å². The Morgan fingerprint density at radius 1 is 1.07 bits per heavy atom. The summed E-state index contributed by atoms with van der Waals surface area (Å²) in [5, 5.41) is 5.78. The van der Waals surface area contributed by atoms with Gasteiger partial charge in [0.2, 0.25) is 5.82 Å². The lowest BCUT2D eigenvalue weighted by Gasteiger charge is -2.12. The fraction of sp³-hybridized carbons (Fsp3) is 0.250. The van der Waals surface area contributed by atoms with Gasteiger partial charge in [-0.1, -0.05) is 6.07 Å². The fourth-order valence-electron chi connectivity index (χ4n) is 2.88. The van der Waals surface area contributed by atoms with E-state index in [0.717, 1.165) is 18.5 Å². The Bertz CT molecular complexity index is 1000. The van der Waals surface area contributed by atoms with Crippen LogP contribution in [0.1, 0.15) is 33.9 Å². The summed E-state index contributed by atoms with van der Waals surface area (Å²) in [6, 6.07) is 13.2. The first kappa shape index (κ1) is 17.1. The van der Waals surface area contributed by atoms with Gasteiger partial charge in [-0.05, 0) is 49.2 Å². The van der Waals surface area contributed by atoms with Crippen LogP contribution in [0.25, 0.3) is 5.52 Å². The Labute approximate surface area is 157 Å². The van der Waals surface area contributed by atoms with Gasteiger partial charge in [0.25, 0.3) is 11.8 Å². The summed E-state index contributed by atoms with van der Waals surface area (Å²) >= 11 is 0. The molecule has 0 bridgehead atoms. The predicted molar refractivity (Wildman–Crippen MR) is 104 cm³/mol.